The summed E-state index contributed by atoms with van der Waals surface area (Å²) in [6.07, 6.45) is 0.935. The van der Waals surface area contributed by atoms with Gasteiger partial charge in [0.2, 0.25) is 0 Å². The second kappa shape index (κ2) is 4.99. The molecule has 0 aliphatic carbocycles. The van der Waals surface area contributed by atoms with Gasteiger partial charge in [0.25, 0.3) is 0 Å². The lowest BCUT2D eigenvalue weighted by molar-refractivity contribution is 0.0606. The second-order valence-corrected chi connectivity index (χ2v) is 4.69. The van der Waals surface area contributed by atoms with Crippen LogP contribution in [-0.4, -0.2) is 37.3 Å². The third kappa shape index (κ3) is 2.45. The van der Waals surface area contributed by atoms with Crippen LogP contribution >= 0.6 is 22.9 Å². The van der Waals surface area contributed by atoms with Crippen LogP contribution in [0.5, 0.6) is 0 Å². The predicted octanol–water partition coefficient (Wildman–Crippen LogP) is 1.78. The summed E-state index contributed by atoms with van der Waals surface area (Å²) in [4.78, 5) is 15.7. The number of ether oxygens (including phenoxy) is 2. The summed E-state index contributed by atoms with van der Waals surface area (Å²) >= 11 is 7.03. The van der Waals surface area contributed by atoms with Crippen molar-refractivity contribution in [2.45, 2.75) is 12.5 Å². The van der Waals surface area contributed by atoms with Gasteiger partial charge in [-0.05, 0) is 6.42 Å². The summed E-state index contributed by atoms with van der Waals surface area (Å²) in [5.41, 5.74) is 0. The molecule has 0 amide bonds. The van der Waals surface area contributed by atoms with Crippen molar-refractivity contribution in [2.75, 3.05) is 25.6 Å². The zero-order valence-corrected chi connectivity index (χ0v) is 10.2. The van der Waals surface area contributed by atoms with Gasteiger partial charge in [-0.15, -0.1) is 0 Å². The van der Waals surface area contributed by atoms with Crippen molar-refractivity contribution in [3.8, 4) is 0 Å². The monoisotopic (exact) mass is 262 g/mol. The summed E-state index contributed by atoms with van der Waals surface area (Å²) in [5.74, 6) is -0.460. The van der Waals surface area contributed by atoms with Gasteiger partial charge in [0.15, 0.2) is 15.2 Å². The van der Waals surface area contributed by atoms with Crippen molar-refractivity contribution in [2.24, 2.45) is 0 Å². The van der Waals surface area contributed by atoms with E-state index in [0.717, 1.165) is 13.0 Å². The maximum Gasteiger partial charge on any atom is 0.351 e. The lowest BCUT2D eigenvalue weighted by Gasteiger charge is -2.07. The molecule has 0 aromatic carbocycles. The first kappa shape index (κ1) is 11.6. The van der Waals surface area contributed by atoms with Gasteiger partial charge in [0, 0.05) is 6.61 Å². The van der Waals surface area contributed by atoms with Crippen molar-refractivity contribution in [1.29, 1.82) is 0 Å². The fourth-order valence-corrected chi connectivity index (χ4v) is 2.58. The van der Waals surface area contributed by atoms with E-state index in [0.29, 0.717) is 16.6 Å². The lowest BCUT2D eigenvalue weighted by Crippen LogP contribution is -2.18. The summed E-state index contributed by atoms with van der Waals surface area (Å²) < 4.78 is 9.82. The molecule has 1 N–H and O–H groups in total. The van der Waals surface area contributed by atoms with Gasteiger partial charge in [0.1, 0.15) is 0 Å². The molecular formula is C9H11ClN2O3S. The van der Waals surface area contributed by atoms with Gasteiger partial charge in [-0.3, -0.25) is 0 Å². The van der Waals surface area contributed by atoms with Gasteiger partial charge >= 0.3 is 5.97 Å². The quantitative estimate of drug-likeness (QED) is 0.842. The van der Waals surface area contributed by atoms with E-state index in [2.05, 4.69) is 15.0 Å². The standard InChI is InChI=1S/C9H11ClN2O3S/c1-14-8(13)6-7(10)12-9(16-6)11-5-2-3-15-4-5/h5H,2-4H2,1H3,(H,11,12). The Morgan fingerprint density at radius 1 is 1.75 bits per heavy atom. The zero-order valence-electron chi connectivity index (χ0n) is 8.66. The SMILES string of the molecule is COC(=O)c1sc(NC2CCOC2)nc1Cl. The topological polar surface area (TPSA) is 60.5 Å². The molecule has 1 saturated heterocycles. The highest BCUT2D eigenvalue weighted by Crippen LogP contribution is 2.28. The Morgan fingerprint density at radius 2 is 2.56 bits per heavy atom. The van der Waals surface area contributed by atoms with Gasteiger partial charge in [-0.25, -0.2) is 9.78 Å². The average molecular weight is 263 g/mol. The van der Waals surface area contributed by atoms with Crippen molar-refractivity contribution in [1.82, 2.24) is 4.98 Å². The van der Waals surface area contributed by atoms with Gasteiger partial charge in [-0.2, -0.15) is 0 Å². The van der Waals surface area contributed by atoms with Gasteiger partial charge in [-0.1, -0.05) is 22.9 Å². The van der Waals surface area contributed by atoms with Gasteiger partial charge in [0.05, 0.1) is 19.8 Å². The van der Waals surface area contributed by atoms with E-state index < -0.39 is 5.97 Å². The molecule has 5 nitrogen and oxygen atoms in total. The molecule has 1 fully saturated rings. The minimum Gasteiger partial charge on any atom is -0.465 e. The van der Waals surface area contributed by atoms with Crippen molar-refractivity contribution < 1.29 is 14.3 Å². The Bertz CT molecular complexity index is 390. The summed E-state index contributed by atoms with van der Waals surface area (Å²) in [7, 11) is 1.32. The summed E-state index contributed by atoms with van der Waals surface area (Å²) in [6.45, 7) is 1.41. The molecule has 88 valence electrons. The summed E-state index contributed by atoms with van der Waals surface area (Å²) in [6, 6.07) is 0.243. The third-order valence-electron chi connectivity index (χ3n) is 2.21. The van der Waals surface area contributed by atoms with Crippen LogP contribution in [-0.2, 0) is 9.47 Å². The van der Waals surface area contributed by atoms with Crippen LogP contribution in [0.15, 0.2) is 0 Å². The van der Waals surface area contributed by atoms with E-state index in [-0.39, 0.29) is 11.2 Å². The Morgan fingerprint density at radius 3 is 3.19 bits per heavy atom. The average Bonchev–Trinajstić information content (AvgIpc) is 2.88. The van der Waals surface area contributed by atoms with Gasteiger partial charge < -0.3 is 14.8 Å². The number of nitrogens with one attached hydrogen (secondary N) is 1. The number of hydrogen-bond acceptors (Lipinski definition) is 6. The Balaban J connectivity index is 2.07. The number of hydrogen-bond donors (Lipinski definition) is 1. The van der Waals surface area contributed by atoms with Crippen molar-refractivity contribution >= 4 is 34.0 Å². The van der Waals surface area contributed by atoms with Crippen LogP contribution < -0.4 is 5.32 Å². The first-order valence-corrected chi connectivity index (χ1v) is 5.99. The highest BCUT2D eigenvalue weighted by molar-refractivity contribution is 7.18. The second-order valence-electron chi connectivity index (χ2n) is 3.34. The van der Waals surface area contributed by atoms with E-state index in [1.54, 1.807) is 0 Å². The predicted molar refractivity (Wildman–Crippen MR) is 61.3 cm³/mol. The Labute approximate surface area is 102 Å². The number of methoxy groups -OCH3 is 1. The third-order valence-corrected chi connectivity index (χ3v) is 3.57. The molecular weight excluding hydrogens is 252 g/mol. The van der Waals surface area contributed by atoms with Crippen LogP contribution in [0.25, 0.3) is 0 Å². The lowest BCUT2D eigenvalue weighted by atomic mass is 10.3. The van der Waals surface area contributed by atoms with E-state index >= 15 is 0 Å². The number of aromatic nitrogens is 1. The van der Waals surface area contributed by atoms with Crippen molar-refractivity contribution in [3.05, 3.63) is 10.0 Å². The largest absolute Gasteiger partial charge is 0.465 e. The molecule has 1 aliphatic rings. The molecule has 2 heterocycles. The number of esters is 1. The Hall–Kier alpha value is -0.850. The van der Waals surface area contributed by atoms with Crippen LogP contribution in [0.1, 0.15) is 16.1 Å². The fourth-order valence-electron chi connectivity index (χ4n) is 1.40. The fraction of sp³-hybridized carbons (Fsp3) is 0.556. The molecule has 16 heavy (non-hydrogen) atoms. The minimum absolute atomic E-state index is 0.179. The smallest absolute Gasteiger partial charge is 0.351 e. The maximum absolute atomic E-state index is 11.3. The molecule has 2 rings (SSSR count). The molecule has 1 aliphatic heterocycles. The van der Waals surface area contributed by atoms with Crippen molar-refractivity contribution in [3.63, 3.8) is 0 Å². The number of carbonyl (C=O) groups excluding carboxylic acids is 1. The molecule has 1 aromatic heterocycles. The highest BCUT2D eigenvalue weighted by Gasteiger charge is 2.21. The zero-order chi connectivity index (χ0) is 11.5. The highest BCUT2D eigenvalue weighted by atomic mass is 35.5. The van der Waals surface area contributed by atoms with E-state index in [4.69, 9.17) is 16.3 Å². The van der Waals surface area contributed by atoms with E-state index in [1.807, 2.05) is 0 Å². The summed E-state index contributed by atoms with van der Waals surface area (Å²) in [5, 5.41) is 3.98. The number of anilines is 1. The molecule has 0 radical (unpaired) electrons. The minimum atomic E-state index is -0.460. The number of rotatable bonds is 3. The van der Waals surface area contributed by atoms with E-state index in [9.17, 15) is 4.79 Å². The van der Waals surface area contributed by atoms with Crippen LogP contribution in [0.4, 0.5) is 5.13 Å². The molecule has 0 saturated carbocycles. The normalized spacial score (nSPS) is 19.8. The molecule has 1 unspecified atom stereocenters. The number of thiazole rings is 1. The molecule has 0 bridgehead atoms. The van der Waals surface area contributed by atoms with Crippen LogP contribution in [0.2, 0.25) is 5.15 Å². The number of nitrogens with zero attached hydrogens (tertiary/aromatic N) is 1. The number of halogens is 1. The van der Waals surface area contributed by atoms with E-state index in [1.165, 1.54) is 18.4 Å². The first-order chi connectivity index (χ1) is 7.70. The molecule has 7 heteroatoms. The van der Waals surface area contributed by atoms with Crippen LogP contribution in [0.3, 0.4) is 0 Å². The molecule has 1 atom stereocenters. The molecule has 0 spiro atoms. The van der Waals surface area contributed by atoms with Crippen LogP contribution in [0, 0.1) is 0 Å². The first-order valence-electron chi connectivity index (χ1n) is 4.79. The number of carbonyl (C=O) groups is 1. The Kier molecular flexibility index (Phi) is 3.63. The maximum atomic E-state index is 11.3. The molecule has 1 aromatic rings.